The zero-order valence-electron chi connectivity index (χ0n) is 14.4. The molecule has 0 bridgehead atoms. The molecular weight excluding hydrogens is 483 g/mol. The summed E-state index contributed by atoms with van der Waals surface area (Å²) in [5, 5.41) is 0. The summed E-state index contributed by atoms with van der Waals surface area (Å²) in [6.45, 7) is 3.56. The number of pyridine rings is 1. The molecule has 150 valence electrons. The van der Waals surface area contributed by atoms with Crippen LogP contribution in [0.25, 0.3) is 11.2 Å². The van der Waals surface area contributed by atoms with Crippen LogP contribution in [-0.4, -0.2) is 28.0 Å². The highest BCUT2D eigenvalue weighted by Gasteiger charge is 2.22. The maximum absolute atomic E-state index is 13.1. The minimum atomic E-state index is -2.49. The van der Waals surface area contributed by atoms with Gasteiger partial charge in [0, 0.05) is 22.1 Å². The van der Waals surface area contributed by atoms with Gasteiger partial charge in [0.05, 0.1) is 16.9 Å². The van der Waals surface area contributed by atoms with Crippen molar-refractivity contribution in [3.05, 3.63) is 38.1 Å². The van der Waals surface area contributed by atoms with E-state index >= 15 is 0 Å². The fraction of sp³-hybridized carbons (Fsp3) is 0.375. The summed E-state index contributed by atoms with van der Waals surface area (Å²) in [7, 11) is 0. The van der Waals surface area contributed by atoms with Crippen LogP contribution in [0.15, 0.2) is 22.8 Å². The summed E-state index contributed by atoms with van der Waals surface area (Å²) in [5.74, 6) is 0.671. The van der Waals surface area contributed by atoms with Gasteiger partial charge in [-0.05, 0) is 53.5 Å². The van der Waals surface area contributed by atoms with Gasteiger partial charge >= 0.3 is 0 Å². The Bertz CT molecular complexity index is 841. The van der Waals surface area contributed by atoms with Crippen molar-refractivity contribution in [2.75, 3.05) is 18.0 Å². The van der Waals surface area contributed by atoms with Gasteiger partial charge in [0.1, 0.15) is 0 Å². The number of aromatic nitrogens is 3. The molecule has 0 saturated carbocycles. The normalized spacial score (nSPS) is 10.7. The van der Waals surface area contributed by atoms with Crippen LogP contribution in [0.4, 0.5) is 14.7 Å². The summed E-state index contributed by atoms with van der Waals surface area (Å²) < 4.78 is 26.8. The third-order valence-electron chi connectivity index (χ3n) is 3.91. The van der Waals surface area contributed by atoms with Crippen LogP contribution >= 0.6 is 52.1 Å². The summed E-state index contributed by atoms with van der Waals surface area (Å²) >= 11 is 4.42. The highest BCUT2D eigenvalue weighted by molar-refractivity contribution is 9.10. The van der Waals surface area contributed by atoms with E-state index in [0.29, 0.717) is 35.7 Å². The number of fused-ring (bicyclic) bond motifs is 1. The van der Waals surface area contributed by atoms with Gasteiger partial charge in [-0.25, -0.2) is 13.8 Å². The lowest BCUT2D eigenvalue weighted by Crippen LogP contribution is -2.26. The number of halogens is 5. The van der Waals surface area contributed by atoms with Crippen LogP contribution in [0.2, 0.25) is 0 Å². The Morgan fingerprint density at radius 3 is 2.70 bits per heavy atom. The standard InChI is InChI=1S/C16H18BrF2N5S.2ClH/c1-9-11(25-13(12(9)17)14(18)19)8-24(7-3-5-20)16-22-10-4-2-6-21-15(10)23-16;;/h2,4,6,14H,3,5,7-8,20H2,1H3,(H,21,22,23);2*1H. The molecule has 3 N–H and O–H groups in total. The first kappa shape index (κ1) is 24.0. The molecule has 0 unspecified atom stereocenters. The average molecular weight is 503 g/mol. The SMILES string of the molecule is Cc1c(CN(CCCN)c2nc3ncccc3[nH]2)sc(C(F)F)c1Br.Cl.Cl. The van der Waals surface area contributed by atoms with E-state index in [0.717, 1.165) is 33.7 Å². The molecule has 0 aliphatic rings. The van der Waals surface area contributed by atoms with Gasteiger partial charge < -0.3 is 15.6 Å². The second kappa shape index (κ2) is 10.5. The molecular formula is C16H20BrCl2F2N5S. The average Bonchev–Trinajstić information content (AvgIpc) is 3.14. The highest BCUT2D eigenvalue weighted by Crippen LogP contribution is 2.39. The van der Waals surface area contributed by atoms with E-state index in [2.05, 4.69) is 30.9 Å². The lowest BCUT2D eigenvalue weighted by Gasteiger charge is -2.21. The second-order valence-electron chi connectivity index (χ2n) is 5.63. The Kier molecular flexibility index (Phi) is 9.36. The first-order valence-corrected chi connectivity index (χ1v) is 9.43. The minimum absolute atomic E-state index is 0. The molecule has 5 nitrogen and oxygen atoms in total. The molecule has 0 spiro atoms. The van der Waals surface area contributed by atoms with Crippen LogP contribution < -0.4 is 10.6 Å². The molecule has 0 aliphatic carbocycles. The van der Waals surface area contributed by atoms with E-state index in [1.54, 1.807) is 6.20 Å². The van der Waals surface area contributed by atoms with Crippen molar-refractivity contribution < 1.29 is 8.78 Å². The van der Waals surface area contributed by atoms with E-state index in [-0.39, 0.29) is 29.7 Å². The molecule has 0 aromatic carbocycles. The van der Waals surface area contributed by atoms with Crippen molar-refractivity contribution >= 4 is 69.2 Å². The van der Waals surface area contributed by atoms with Crippen molar-refractivity contribution in [2.24, 2.45) is 5.73 Å². The summed E-state index contributed by atoms with van der Waals surface area (Å²) in [5.41, 5.74) is 7.96. The molecule has 0 saturated heterocycles. The second-order valence-corrected chi connectivity index (χ2v) is 7.56. The van der Waals surface area contributed by atoms with E-state index in [1.165, 1.54) is 0 Å². The number of imidazole rings is 1. The number of hydrogen-bond acceptors (Lipinski definition) is 5. The predicted molar refractivity (Wildman–Crippen MR) is 115 cm³/mol. The number of nitrogens with one attached hydrogen (secondary N) is 1. The quantitative estimate of drug-likeness (QED) is 0.464. The number of anilines is 1. The molecule has 3 heterocycles. The van der Waals surface area contributed by atoms with Crippen LogP contribution in [0, 0.1) is 6.92 Å². The Morgan fingerprint density at radius 2 is 2.11 bits per heavy atom. The number of rotatable bonds is 7. The number of aromatic amines is 1. The minimum Gasteiger partial charge on any atom is -0.337 e. The van der Waals surface area contributed by atoms with Crippen LogP contribution in [0.1, 0.15) is 28.2 Å². The molecule has 27 heavy (non-hydrogen) atoms. The molecule has 0 aliphatic heterocycles. The zero-order chi connectivity index (χ0) is 18.0. The smallest absolute Gasteiger partial charge is 0.273 e. The van der Waals surface area contributed by atoms with Crippen molar-refractivity contribution in [2.45, 2.75) is 26.3 Å². The topological polar surface area (TPSA) is 70.8 Å². The largest absolute Gasteiger partial charge is 0.337 e. The third kappa shape index (κ3) is 5.29. The molecule has 0 radical (unpaired) electrons. The number of nitrogens with zero attached hydrogens (tertiary/aromatic N) is 3. The lowest BCUT2D eigenvalue weighted by molar-refractivity contribution is 0.155. The Morgan fingerprint density at radius 1 is 1.37 bits per heavy atom. The Labute approximate surface area is 180 Å². The van der Waals surface area contributed by atoms with E-state index in [1.807, 2.05) is 24.0 Å². The lowest BCUT2D eigenvalue weighted by atomic mass is 10.2. The number of thiophene rings is 1. The number of nitrogens with two attached hydrogens (primary N) is 1. The fourth-order valence-corrected chi connectivity index (χ4v) is 4.41. The summed E-state index contributed by atoms with van der Waals surface area (Å²) in [6.07, 6.45) is -0.0237. The molecule has 3 rings (SSSR count). The van der Waals surface area contributed by atoms with E-state index in [9.17, 15) is 8.78 Å². The third-order valence-corrected chi connectivity index (χ3v) is 6.47. The van der Waals surface area contributed by atoms with Crippen molar-refractivity contribution in [1.82, 2.24) is 15.0 Å². The molecule has 0 amide bonds. The van der Waals surface area contributed by atoms with Crippen molar-refractivity contribution in [1.29, 1.82) is 0 Å². The Hall–Kier alpha value is -1.000. The number of alkyl halides is 2. The highest BCUT2D eigenvalue weighted by atomic mass is 79.9. The summed E-state index contributed by atoms with van der Waals surface area (Å²) in [4.78, 5) is 15.0. The predicted octanol–water partition coefficient (Wildman–Crippen LogP) is 5.23. The Balaban J connectivity index is 0.00000182. The van der Waals surface area contributed by atoms with E-state index in [4.69, 9.17) is 5.73 Å². The van der Waals surface area contributed by atoms with Crippen LogP contribution in [0.3, 0.4) is 0 Å². The van der Waals surface area contributed by atoms with E-state index < -0.39 is 6.43 Å². The first-order valence-electron chi connectivity index (χ1n) is 7.82. The fourth-order valence-electron chi connectivity index (χ4n) is 2.55. The van der Waals surface area contributed by atoms with Crippen molar-refractivity contribution in [3.63, 3.8) is 0 Å². The van der Waals surface area contributed by atoms with Gasteiger partial charge in [-0.15, -0.1) is 36.2 Å². The van der Waals surface area contributed by atoms with Crippen molar-refractivity contribution in [3.8, 4) is 0 Å². The molecule has 11 heteroatoms. The van der Waals surface area contributed by atoms with Gasteiger partial charge in [0.25, 0.3) is 6.43 Å². The van der Waals surface area contributed by atoms with Gasteiger partial charge in [-0.2, -0.15) is 4.98 Å². The van der Waals surface area contributed by atoms with Gasteiger partial charge in [0.15, 0.2) is 5.65 Å². The monoisotopic (exact) mass is 501 g/mol. The molecule has 3 aromatic rings. The molecule has 0 atom stereocenters. The maximum Gasteiger partial charge on any atom is 0.273 e. The summed E-state index contributed by atoms with van der Waals surface area (Å²) in [6, 6.07) is 3.74. The maximum atomic E-state index is 13.1. The van der Waals surface area contributed by atoms with Gasteiger partial charge in [0.2, 0.25) is 5.95 Å². The van der Waals surface area contributed by atoms with Crippen LogP contribution in [0.5, 0.6) is 0 Å². The molecule has 0 fully saturated rings. The van der Waals surface area contributed by atoms with Gasteiger partial charge in [-0.3, -0.25) is 0 Å². The van der Waals surface area contributed by atoms with Crippen LogP contribution in [-0.2, 0) is 6.54 Å². The first-order chi connectivity index (χ1) is 12.0. The number of H-pyrrole nitrogens is 1. The zero-order valence-corrected chi connectivity index (χ0v) is 18.5. The number of hydrogen-bond donors (Lipinski definition) is 2. The molecule has 3 aromatic heterocycles. The van der Waals surface area contributed by atoms with Gasteiger partial charge in [-0.1, -0.05) is 0 Å².